The highest BCUT2D eigenvalue weighted by molar-refractivity contribution is 5.98. The fraction of sp³-hybridized carbons (Fsp3) is 0.118. The van der Waals surface area contributed by atoms with E-state index in [-0.39, 0.29) is 11.6 Å². The van der Waals surface area contributed by atoms with E-state index in [1.54, 1.807) is 42.5 Å². The van der Waals surface area contributed by atoms with Crippen molar-refractivity contribution in [2.45, 2.75) is 13.8 Å². The maximum atomic E-state index is 12.0. The lowest BCUT2D eigenvalue weighted by Crippen LogP contribution is -2.09. The number of carbonyl (C=O) groups is 3. The van der Waals surface area contributed by atoms with E-state index < -0.39 is 5.97 Å². The minimum Gasteiger partial charge on any atom is -0.423 e. The van der Waals surface area contributed by atoms with Gasteiger partial charge < -0.3 is 4.74 Å². The second kappa shape index (κ2) is 6.13. The Morgan fingerprint density at radius 3 is 1.90 bits per heavy atom. The van der Waals surface area contributed by atoms with Gasteiger partial charge in [-0.05, 0) is 50.2 Å². The van der Waals surface area contributed by atoms with Gasteiger partial charge in [0.05, 0.1) is 5.56 Å². The summed E-state index contributed by atoms with van der Waals surface area (Å²) in [7, 11) is 0. The van der Waals surface area contributed by atoms with Crippen molar-refractivity contribution >= 4 is 17.5 Å². The molecule has 4 nitrogen and oxygen atoms in total. The molecule has 0 heterocycles. The van der Waals surface area contributed by atoms with E-state index in [0.717, 1.165) is 0 Å². The third-order valence-corrected chi connectivity index (χ3v) is 2.98. The minimum atomic E-state index is -0.548. The molecule has 0 aliphatic carbocycles. The van der Waals surface area contributed by atoms with Crippen LogP contribution in [0.3, 0.4) is 0 Å². The molecule has 0 aliphatic heterocycles. The van der Waals surface area contributed by atoms with Crippen molar-refractivity contribution < 1.29 is 19.1 Å². The molecule has 0 aliphatic rings. The molecule has 106 valence electrons. The summed E-state index contributed by atoms with van der Waals surface area (Å²) in [6.07, 6.45) is 0. The number of rotatable bonds is 4. The fourth-order valence-corrected chi connectivity index (χ4v) is 1.79. The molecule has 0 N–H and O–H groups in total. The van der Waals surface area contributed by atoms with Crippen molar-refractivity contribution in [3.8, 4) is 5.75 Å². The zero-order chi connectivity index (χ0) is 15.4. The van der Waals surface area contributed by atoms with Crippen LogP contribution < -0.4 is 4.74 Å². The lowest BCUT2D eigenvalue weighted by molar-refractivity contribution is 0.0734. The Morgan fingerprint density at radius 1 is 0.762 bits per heavy atom. The first kappa shape index (κ1) is 14.7. The van der Waals surface area contributed by atoms with Gasteiger partial charge in [0.25, 0.3) is 0 Å². The average molecular weight is 282 g/mol. The van der Waals surface area contributed by atoms with Crippen molar-refractivity contribution in [3.05, 3.63) is 65.2 Å². The van der Waals surface area contributed by atoms with Gasteiger partial charge in [-0.3, -0.25) is 9.59 Å². The Labute approximate surface area is 122 Å². The second-order valence-electron chi connectivity index (χ2n) is 4.61. The Hall–Kier alpha value is -2.75. The minimum absolute atomic E-state index is 0.0537. The Morgan fingerprint density at radius 2 is 1.33 bits per heavy atom. The largest absolute Gasteiger partial charge is 0.423 e. The molecule has 0 saturated carbocycles. The number of hydrogen-bond acceptors (Lipinski definition) is 4. The number of carbonyl (C=O) groups excluding carboxylic acids is 3. The van der Waals surface area contributed by atoms with Gasteiger partial charge in [-0.2, -0.15) is 0 Å². The molecule has 0 atom stereocenters. The number of Topliss-reactive ketones (excluding diaryl/α,β-unsaturated/α-hetero) is 2. The molecule has 0 bridgehead atoms. The van der Waals surface area contributed by atoms with Gasteiger partial charge in [0, 0.05) is 11.1 Å². The van der Waals surface area contributed by atoms with Crippen LogP contribution in [-0.4, -0.2) is 17.5 Å². The van der Waals surface area contributed by atoms with Crippen molar-refractivity contribution in [1.82, 2.24) is 0 Å². The third-order valence-electron chi connectivity index (χ3n) is 2.98. The van der Waals surface area contributed by atoms with Crippen LogP contribution in [0.4, 0.5) is 0 Å². The van der Waals surface area contributed by atoms with Gasteiger partial charge >= 0.3 is 5.97 Å². The number of ether oxygens (including phenoxy) is 1. The van der Waals surface area contributed by atoms with E-state index in [9.17, 15) is 14.4 Å². The third kappa shape index (κ3) is 3.63. The predicted molar refractivity (Wildman–Crippen MR) is 77.9 cm³/mol. The summed E-state index contributed by atoms with van der Waals surface area (Å²) in [4.78, 5) is 34.5. The molecule has 0 spiro atoms. The van der Waals surface area contributed by atoms with Gasteiger partial charge in [-0.15, -0.1) is 0 Å². The van der Waals surface area contributed by atoms with Crippen molar-refractivity contribution in [2.24, 2.45) is 0 Å². The molecule has 0 radical (unpaired) electrons. The second-order valence-corrected chi connectivity index (χ2v) is 4.61. The van der Waals surface area contributed by atoms with Crippen LogP contribution in [-0.2, 0) is 0 Å². The van der Waals surface area contributed by atoms with Gasteiger partial charge in [0.2, 0.25) is 0 Å². The SMILES string of the molecule is CC(=O)c1ccc(OC(=O)c2cccc(C(C)=O)c2)cc1. The molecule has 2 rings (SSSR count). The molecular weight excluding hydrogens is 268 g/mol. The molecule has 0 saturated heterocycles. The van der Waals surface area contributed by atoms with E-state index in [4.69, 9.17) is 4.74 Å². The van der Waals surface area contributed by atoms with Crippen LogP contribution in [0.15, 0.2) is 48.5 Å². The van der Waals surface area contributed by atoms with Crippen LogP contribution in [0.25, 0.3) is 0 Å². The molecule has 0 aromatic heterocycles. The van der Waals surface area contributed by atoms with Crippen LogP contribution in [0.2, 0.25) is 0 Å². The first-order chi connectivity index (χ1) is 9.97. The summed E-state index contributed by atoms with van der Waals surface area (Å²) in [6.45, 7) is 2.90. The normalized spacial score (nSPS) is 10.0. The van der Waals surface area contributed by atoms with Gasteiger partial charge in [0.1, 0.15) is 5.75 Å². The first-order valence-corrected chi connectivity index (χ1v) is 6.41. The molecule has 4 heteroatoms. The summed E-state index contributed by atoms with van der Waals surface area (Å²) in [5.41, 5.74) is 1.31. The van der Waals surface area contributed by atoms with Crippen LogP contribution in [0.5, 0.6) is 5.75 Å². The Kier molecular flexibility index (Phi) is 4.28. The summed E-state index contributed by atoms with van der Waals surface area (Å²) in [6, 6.07) is 12.7. The lowest BCUT2D eigenvalue weighted by atomic mass is 10.1. The Bertz CT molecular complexity index is 699. The summed E-state index contributed by atoms with van der Waals surface area (Å²) in [5.74, 6) is -0.371. The van der Waals surface area contributed by atoms with Gasteiger partial charge in [0.15, 0.2) is 11.6 Å². The van der Waals surface area contributed by atoms with E-state index in [1.807, 2.05) is 0 Å². The zero-order valence-corrected chi connectivity index (χ0v) is 11.8. The highest BCUT2D eigenvalue weighted by Gasteiger charge is 2.11. The maximum absolute atomic E-state index is 12.0. The average Bonchev–Trinajstić information content (AvgIpc) is 2.48. The van der Waals surface area contributed by atoms with E-state index in [1.165, 1.54) is 19.9 Å². The summed E-state index contributed by atoms with van der Waals surface area (Å²) < 4.78 is 5.21. The number of hydrogen-bond donors (Lipinski definition) is 0. The standard InChI is InChI=1S/C17H14O4/c1-11(18)13-6-8-16(9-7-13)21-17(20)15-5-3-4-14(10-15)12(2)19/h3-10H,1-2H3. The highest BCUT2D eigenvalue weighted by atomic mass is 16.5. The topological polar surface area (TPSA) is 60.4 Å². The quantitative estimate of drug-likeness (QED) is 0.490. The molecule has 0 amide bonds. The van der Waals surface area contributed by atoms with E-state index in [0.29, 0.717) is 22.4 Å². The number of ketones is 2. The fourth-order valence-electron chi connectivity index (χ4n) is 1.79. The first-order valence-electron chi connectivity index (χ1n) is 6.41. The molecular formula is C17H14O4. The monoisotopic (exact) mass is 282 g/mol. The molecule has 2 aromatic rings. The van der Waals surface area contributed by atoms with E-state index >= 15 is 0 Å². The summed E-state index contributed by atoms with van der Waals surface area (Å²) >= 11 is 0. The van der Waals surface area contributed by atoms with Crippen LogP contribution in [0, 0.1) is 0 Å². The van der Waals surface area contributed by atoms with Crippen molar-refractivity contribution in [1.29, 1.82) is 0 Å². The van der Waals surface area contributed by atoms with Crippen LogP contribution in [0.1, 0.15) is 44.9 Å². The molecule has 0 unspecified atom stereocenters. The zero-order valence-electron chi connectivity index (χ0n) is 11.8. The van der Waals surface area contributed by atoms with Crippen molar-refractivity contribution in [3.63, 3.8) is 0 Å². The van der Waals surface area contributed by atoms with E-state index in [2.05, 4.69) is 0 Å². The van der Waals surface area contributed by atoms with Crippen molar-refractivity contribution in [2.75, 3.05) is 0 Å². The maximum Gasteiger partial charge on any atom is 0.343 e. The summed E-state index contributed by atoms with van der Waals surface area (Å²) in [5, 5.41) is 0. The van der Waals surface area contributed by atoms with Gasteiger partial charge in [-0.25, -0.2) is 4.79 Å². The van der Waals surface area contributed by atoms with Crippen LogP contribution >= 0.6 is 0 Å². The highest BCUT2D eigenvalue weighted by Crippen LogP contribution is 2.15. The lowest BCUT2D eigenvalue weighted by Gasteiger charge is -2.05. The predicted octanol–water partition coefficient (Wildman–Crippen LogP) is 3.31. The molecule has 2 aromatic carbocycles. The number of esters is 1. The number of benzene rings is 2. The molecule has 0 fully saturated rings. The van der Waals surface area contributed by atoms with Gasteiger partial charge in [-0.1, -0.05) is 12.1 Å². The molecule has 21 heavy (non-hydrogen) atoms. The smallest absolute Gasteiger partial charge is 0.343 e. The Balaban J connectivity index is 2.16.